The van der Waals surface area contributed by atoms with Crippen LogP contribution in [-0.4, -0.2) is 0 Å². The molecule has 5 aliphatic rings. The second-order valence-corrected chi connectivity index (χ2v) is 15.1. The molecule has 0 amide bonds. The Kier molecular flexibility index (Phi) is 7.99. The van der Waals surface area contributed by atoms with Gasteiger partial charge in [-0.3, -0.25) is 0 Å². The van der Waals surface area contributed by atoms with Gasteiger partial charge in [-0.15, -0.1) is 0 Å². The zero-order chi connectivity index (χ0) is 36.2. The van der Waals surface area contributed by atoms with Crippen molar-refractivity contribution in [2.24, 2.45) is 11.8 Å². The lowest BCUT2D eigenvalue weighted by Crippen LogP contribution is -2.40. The molecule has 54 heavy (non-hydrogen) atoms. The number of rotatable bonds is 7. The van der Waals surface area contributed by atoms with Gasteiger partial charge in [-0.1, -0.05) is 183 Å². The van der Waals surface area contributed by atoms with Gasteiger partial charge in [-0.2, -0.15) is 0 Å². The average Bonchev–Trinajstić information content (AvgIpc) is 3.56. The Balaban J connectivity index is 1.01. The van der Waals surface area contributed by atoms with E-state index in [2.05, 4.69) is 171 Å². The molecule has 0 radical (unpaired) electrons. The first-order valence-electron chi connectivity index (χ1n) is 19.4. The molecular formula is C54H42. The van der Waals surface area contributed by atoms with Crippen molar-refractivity contribution in [1.82, 2.24) is 0 Å². The average molecular weight is 691 g/mol. The van der Waals surface area contributed by atoms with E-state index in [0.717, 1.165) is 25.7 Å². The van der Waals surface area contributed by atoms with E-state index in [1.54, 1.807) is 0 Å². The molecule has 2 atom stereocenters. The molecule has 0 fully saturated rings. The van der Waals surface area contributed by atoms with Gasteiger partial charge in [-0.25, -0.2) is 0 Å². The van der Waals surface area contributed by atoms with Crippen LogP contribution in [0, 0.1) is 11.8 Å². The van der Waals surface area contributed by atoms with Crippen molar-refractivity contribution >= 4 is 45.2 Å². The Labute approximate surface area is 318 Å². The van der Waals surface area contributed by atoms with Crippen LogP contribution < -0.4 is 10.4 Å². The van der Waals surface area contributed by atoms with Gasteiger partial charge in [0.2, 0.25) is 0 Å². The van der Waals surface area contributed by atoms with Crippen molar-refractivity contribution < 1.29 is 0 Å². The Morgan fingerprint density at radius 1 is 0.593 bits per heavy atom. The number of fused-ring (bicyclic) bond motifs is 3. The van der Waals surface area contributed by atoms with Crippen LogP contribution in [0.4, 0.5) is 0 Å². The van der Waals surface area contributed by atoms with Gasteiger partial charge in [0.25, 0.3) is 0 Å². The fourth-order valence-electron chi connectivity index (χ4n) is 9.62. The summed E-state index contributed by atoms with van der Waals surface area (Å²) >= 11 is 0. The van der Waals surface area contributed by atoms with Crippen molar-refractivity contribution in [3.05, 3.63) is 226 Å². The Morgan fingerprint density at radius 2 is 1.31 bits per heavy atom. The molecule has 2 unspecified atom stereocenters. The second kappa shape index (κ2) is 13.3. The van der Waals surface area contributed by atoms with Gasteiger partial charge in [-0.05, 0) is 125 Å². The smallest absolute Gasteiger partial charge is 0.0137 e. The van der Waals surface area contributed by atoms with Crippen molar-refractivity contribution in [2.45, 2.75) is 25.7 Å². The van der Waals surface area contributed by atoms with Crippen LogP contribution in [0.1, 0.15) is 52.6 Å². The van der Waals surface area contributed by atoms with Crippen molar-refractivity contribution in [1.29, 1.82) is 0 Å². The van der Waals surface area contributed by atoms with Crippen molar-refractivity contribution in [2.75, 3.05) is 0 Å². The molecule has 0 aliphatic heterocycles. The third-order valence-electron chi connectivity index (χ3n) is 12.2. The number of aryl methyl sites for hydroxylation is 1. The van der Waals surface area contributed by atoms with Crippen LogP contribution in [0.15, 0.2) is 182 Å². The number of hydrogen-bond acceptors (Lipinski definition) is 0. The maximum atomic E-state index is 4.17. The third kappa shape index (κ3) is 5.28. The minimum Gasteiger partial charge on any atom is -0.0984 e. The Hall–Kier alpha value is -6.24. The summed E-state index contributed by atoms with van der Waals surface area (Å²) in [5, 5.41) is 5.33. The van der Waals surface area contributed by atoms with Gasteiger partial charge in [0, 0.05) is 11.8 Å². The second-order valence-electron chi connectivity index (χ2n) is 15.1. The Bertz CT molecular complexity index is 2760. The molecule has 5 aliphatic carbocycles. The topological polar surface area (TPSA) is 0 Å². The lowest BCUT2D eigenvalue weighted by molar-refractivity contribution is 0.679. The lowest BCUT2D eigenvalue weighted by Gasteiger charge is -2.35. The van der Waals surface area contributed by atoms with Gasteiger partial charge >= 0.3 is 0 Å². The summed E-state index contributed by atoms with van der Waals surface area (Å²) in [5.41, 5.74) is 18.5. The first kappa shape index (κ1) is 32.4. The number of allylic oxidation sites excluding steroid dienone is 14. The number of benzene rings is 5. The van der Waals surface area contributed by atoms with Crippen LogP contribution in [0.3, 0.4) is 0 Å². The molecule has 0 heterocycles. The quantitative estimate of drug-likeness (QED) is 0.159. The molecule has 258 valence electrons. The van der Waals surface area contributed by atoms with Crippen LogP contribution in [0.5, 0.6) is 0 Å². The summed E-state index contributed by atoms with van der Waals surface area (Å²) in [6.45, 7) is 8.33. The molecule has 5 aromatic carbocycles. The summed E-state index contributed by atoms with van der Waals surface area (Å²) in [4.78, 5) is 0. The molecule has 10 rings (SSSR count). The zero-order valence-electron chi connectivity index (χ0n) is 30.6. The van der Waals surface area contributed by atoms with E-state index in [0.29, 0.717) is 0 Å². The molecule has 0 nitrogen and oxygen atoms in total. The minimum atomic E-state index is 0.247. The maximum Gasteiger partial charge on any atom is 0.0137 e. The highest BCUT2D eigenvalue weighted by molar-refractivity contribution is 6.19. The molecule has 0 saturated carbocycles. The molecule has 0 spiro atoms. The summed E-state index contributed by atoms with van der Waals surface area (Å²) < 4.78 is 0. The van der Waals surface area contributed by atoms with Gasteiger partial charge in [0.05, 0.1) is 0 Å². The fourth-order valence-corrected chi connectivity index (χ4v) is 9.62. The van der Waals surface area contributed by atoms with Crippen LogP contribution >= 0.6 is 0 Å². The highest BCUT2D eigenvalue weighted by atomic mass is 14.4. The highest BCUT2D eigenvalue weighted by Gasteiger charge is 2.34. The molecule has 0 aromatic heterocycles. The summed E-state index contributed by atoms with van der Waals surface area (Å²) in [6, 6.07) is 36.4. The van der Waals surface area contributed by atoms with Crippen molar-refractivity contribution in [3.63, 3.8) is 0 Å². The van der Waals surface area contributed by atoms with Crippen LogP contribution in [0.25, 0.3) is 56.3 Å². The summed E-state index contributed by atoms with van der Waals surface area (Å²) in [7, 11) is 0. The summed E-state index contributed by atoms with van der Waals surface area (Å²) in [5.74, 6) is 0.520. The molecule has 0 bridgehead atoms. The van der Waals surface area contributed by atoms with E-state index >= 15 is 0 Å². The largest absolute Gasteiger partial charge is 0.0984 e. The van der Waals surface area contributed by atoms with Gasteiger partial charge in [0.1, 0.15) is 0 Å². The van der Waals surface area contributed by atoms with E-state index in [1.165, 1.54) is 99.2 Å². The van der Waals surface area contributed by atoms with E-state index in [9.17, 15) is 0 Å². The first-order chi connectivity index (χ1) is 26.7. The molecule has 0 N–H and O–H groups in total. The predicted octanol–water partition coefficient (Wildman–Crippen LogP) is 12.1. The van der Waals surface area contributed by atoms with E-state index < -0.39 is 0 Å². The maximum absolute atomic E-state index is 4.17. The SMILES string of the molecule is C=CC1=C(C=C)c2ccc(C3=c4ccccc4=C(C4=CC=C(C=Cc5ccc(-c6ccc7c(c6)CCC=C7)cc5)CC4)C4C=CC=CC34)c3cccc1c23. The van der Waals surface area contributed by atoms with E-state index in [4.69, 9.17) is 0 Å². The molecule has 0 heteroatoms. The van der Waals surface area contributed by atoms with E-state index in [-0.39, 0.29) is 11.8 Å². The minimum absolute atomic E-state index is 0.247. The van der Waals surface area contributed by atoms with Gasteiger partial charge in [0.15, 0.2) is 0 Å². The van der Waals surface area contributed by atoms with Crippen LogP contribution in [-0.2, 0) is 6.42 Å². The monoisotopic (exact) mass is 690 g/mol. The summed E-state index contributed by atoms with van der Waals surface area (Å²) in [6.07, 6.45) is 31.5. The molecule has 0 saturated heterocycles. The predicted molar refractivity (Wildman–Crippen MR) is 232 cm³/mol. The van der Waals surface area contributed by atoms with E-state index in [1.807, 2.05) is 12.2 Å². The standard InChI is InChI=1S/C54H42/c1-3-42-43(4-2)50-32-33-51(49-19-11-18-44(42)53(49)50)54-47-16-9-7-14-45(47)52(46-15-8-10-17-48(46)54)39-28-24-36(25-29-39)21-20-35-22-26-38(27-23-35)41-31-30-37-12-5-6-13-40(37)34-41/h3-5,7-12,14-24,26-28,30-34,45,47H,1-2,6,13,25,29H2. The normalized spacial score (nSPS) is 19.5. The third-order valence-corrected chi connectivity index (χ3v) is 12.2. The fraction of sp³-hybridized carbons (Fsp3) is 0.111. The zero-order valence-corrected chi connectivity index (χ0v) is 30.6. The van der Waals surface area contributed by atoms with Gasteiger partial charge < -0.3 is 0 Å². The molecule has 5 aromatic rings. The van der Waals surface area contributed by atoms with Crippen molar-refractivity contribution in [3.8, 4) is 11.1 Å². The lowest BCUT2D eigenvalue weighted by atomic mass is 9.68. The highest BCUT2D eigenvalue weighted by Crippen LogP contribution is 2.48. The Morgan fingerprint density at radius 3 is 2.07 bits per heavy atom. The molecular weight excluding hydrogens is 649 g/mol. The number of hydrogen-bond donors (Lipinski definition) is 0. The van der Waals surface area contributed by atoms with Crippen LogP contribution in [0.2, 0.25) is 0 Å². The first-order valence-corrected chi connectivity index (χ1v) is 19.4.